The van der Waals surface area contributed by atoms with Gasteiger partial charge in [-0.05, 0) is 28.7 Å². The van der Waals surface area contributed by atoms with Gasteiger partial charge >= 0.3 is 12.1 Å². The summed E-state index contributed by atoms with van der Waals surface area (Å²) >= 11 is 0. The van der Waals surface area contributed by atoms with Crippen LogP contribution in [-0.2, 0) is 9.53 Å². The number of hydrogen-bond donors (Lipinski definition) is 1. The van der Waals surface area contributed by atoms with Gasteiger partial charge in [-0.2, -0.15) is 0 Å². The molecule has 2 saturated heterocycles. The van der Waals surface area contributed by atoms with Crippen LogP contribution < -0.4 is 0 Å². The molecule has 0 spiro atoms. The normalized spacial score (nSPS) is 27.7. The van der Waals surface area contributed by atoms with E-state index in [4.69, 9.17) is 4.74 Å². The Balaban J connectivity index is 1.34. The first-order valence-electron chi connectivity index (χ1n) is 9.34. The Morgan fingerprint density at radius 1 is 1.11 bits per heavy atom. The second-order valence-corrected chi connectivity index (χ2v) is 8.17. The molecule has 0 unspecified atom stereocenters. The van der Waals surface area contributed by atoms with Crippen LogP contribution >= 0.6 is 0 Å². The number of hydrogen-bond acceptors (Lipinski definition) is 3. The third-order valence-electron chi connectivity index (χ3n) is 6.58. The molecule has 1 saturated carbocycles. The van der Waals surface area contributed by atoms with Crippen LogP contribution in [0, 0.1) is 11.3 Å². The number of carboxylic acids is 1. The fraction of sp³-hybridized carbons (Fsp3) is 0.364. The fourth-order valence-corrected chi connectivity index (χ4v) is 5.33. The van der Waals surface area contributed by atoms with E-state index in [1.54, 1.807) is 4.90 Å². The van der Waals surface area contributed by atoms with E-state index >= 15 is 0 Å². The van der Waals surface area contributed by atoms with E-state index in [2.05, 4.69) is 24.3 Å². The van der Waals surface area contributed by atoms with Crippen molar-refractivity contribution in [2.75, 3.05) is 13.2 Å². The Hall–Kier alpha value is -2.82. The van der Waals surface area contributed by atoms with Crippen LogP contribution in [-0.4, -0.2) is 41.3 Å². The lowest BCUT2D eigenvalue weighted by Crippen LogP contribution is -2.50. The third-order valence-corrected chi connectivity index (χ3v) is 6.58. The molecular weight excluding hydrogens is 342 g/mol. The molecule has 3 fully saturated rings. The number of carboxylic acid groups (broad SMARTS) is 1. The Morgan fingerprint density at radius 2 is 1.70 bits per heavy atom. The number of carbonyl (C=O) groups is 2. The van der Waals surface area contributed by atoms with Crippen molar-refractivity contribution in [1.29, 1.82) is 0 Å². The highest BCUT2D eigenvalue weighted by atomic mass is 16.6. The zero-order chi connectivity index (χ0) is 18.8. The minimum Gasteiger partial charge on any atom is -0.481 e. The monoisotopic (exact) mass is 363 g/mol. The van der Waals surface area contributed by atoms with Crippen molar-refractivity contribution in [3.8, 4) is 11.1 Å². The molecular formula is C22H21NO4. The van der Waals surface area contributed by atoms with E-state index in [0.717, 1.165) is 6.42 Å². The predicted octanol–water partition coefficient (Wildman–Crippen LogP) is 3.73. The molecule has 1 amide bonds. The van der Waals surface area contributed by atoms with Crippen LogP contribution in [0.5, 0.6) is 0 Å². The summed E-state index contributed by atoms with van der Waals surface area (Å²) in [5.41, 5.74) is 4.41. The van der Waals surface area contributed by atoms with Gasteiger partial charge in [0.2, 0.25) is 0 Å². The summed E-state index contributed by atoms with van der Waals surface area (Å²) in [5.74, 6) is -1.27. The fourth-order valence-electron chi connectivity index (χ4n) is 5.33. The quantitative estimate of drug-likeness (QED) is 0.902. The van der Waals surface area contributed by atoms with Gasteiger partial charge < -0.3 is 14.7 Å². The number of ether oxygens (including phenoxy) is 1. The lowest BCUT2D eigenvalue weighted by Gasteiger charge is -2.40. The Bertz CT molecular complexity index is 909. The molecule has 2 aliphatic carbocycles. The topological polar surface area (TPSA) is 66.8 Å². The summed E-state index contributed by atoms with van der Waals surface area (Å²) in [6.07, 6.45) is 0.350. The van der Waals surface area contributed by atoms with E-state index in [9.17, 15) is 14.7 Å². The van der Waals surface area contributed by atoms with Gasteiger partial charge in [-0.1, -0.05) is 55.5 Å². The second kappa shape index (κ2) is 5.59. The van der Waals surface area contributed by atoms with Crippen LogP contribution in [0.3, 0.4) is 0 Å². The van der Waals surface area contributed by atoms with E-state index in [1.165, 1.54) is 22.3 Å². The zero-order valence-corrected chi connectivity index (χ0v) is 15.1. The van der Waals surface area contributed by atoms with Gasteiger partial charge in [-0.15, -0.1) is 0 Å². The molecule has 5 nitrogen and oxygen atoms in total. The Morgan fingerprint density at radius 3 is 2.26 bits per heavy atom. The highest BCUT2D eigenvalue weighted by molar-refractivity contribution is 5.80. The number of nitrogens with zero attached hydrogens (tertiary/aromatic N) is 1. The van der Waals surface area contributed by atoms with Crippen LogP contribution in [0.25, 0.3) is 11.1 Å². The predicted molar refractivity (Wildman–Crippen MR) is 99.4 cm³/mol. The van der Waals surface area contributed by atoms with Gasteiger partial charge in [0, 0.05) is 23.9 Å². The number of amides is 1. The van der Waals surface area contributed by atoms with E-state index < -0.39 is 18.0 Å². The highest BCUT2D eigenvalue weighted by Crippen LogP contribution is 2.56. The number of aliphatic carboxylic acids is 1. The molecule has 6 rings (SSSR count). The maximum atomic E-state index is 12.7. The van der Waals surface area contributed by atoms with Gasteiger partial charge in [-0.25, -0.2) is 4.79 Å². The third kappa shape index (κ3) is 2.24. The van der Waals surface area contributed by atoms with Crippen molar-refractivity contribution in [1.82, 2.24) is 4.90 Å². The average Bonchev–Trinajstić information content (AvgIpc) is 3.25. The summed E-state index contributed by atoms with van der Waals surface area (Å²) in [7, 11) is 0. The Labute approximate surface area is 157 Å². The summed E-state index contributed by atoms with van der Waals surface area (Å²) in [5, 5.41) is 9.42. The smallest absolute Gasteiger partial charge is 0.410 e. The van der Waals surface area contributed by atoms with Gasteiger partial charge in [0.25, 0.3) is 0 Å². The summed E-state index contributed by atoms with van der Waals surface area (Å²) in [6, 6.07) is 16.2. The molecule has 0 radical (unpaired) electrons. The van der Waals surface area contributed by atoms with Crippen molar-refractivity contribution >= 4 is 12.1 Å². The largest absolute Gasteiger partial charge is 0.481 e. The molecule has 27 heavy (non-hydrogen) atoms. The average molecular weight is 363 g/mol. The molecule has 138 valence electrons. The number of rotatable bonds is 3. The maximum Gasteiger partial charge on any atom is 0.410 e. The lowest BCUT2D eigenvalue weighted by molar-refractivity contribution is -0.151. The first-order chi connectivity index (χ1) is 13.0. The van der Waals surface area contributed by atoms with E-state index in [1.807, 2.05) is 31.2 Å². The standard InChI is InChI=1S/C22H21NO4/c1-22-10-18(19(22)20(24)25)23(12-22)21(26)27-11-17-15-8-4-2-6-13(15)14-7-3-5-9-16(14)17/h2-9,17-19H,10-12H2,1H3,(H,24,25)/t18-,19+,22-/m1/s1. The van der Waals surface area contributed by atoms with Gasteiger partial charge in [-0.3, -0.25) is 4.79 Å². The van der Waals surface area contributed by atoms with Crippen molar-refractivity contribution in [2.45, 2.75) is 25.3 Å². The highest BCUT2D eigenvalue weighted by Gasteiger charge is 2.65. The molecule has 2 aliphatic heterocycles. The maximum absolute atomic E-state index is 12.7. The first-order valence-corrected chi connectivity index (χ1v) is 9.34. The van der Waals surface area contributed by atoms with Gasteiger partial charge in [0.1, 0.15) is 6.61 Å². The number of benzene rings is 2. The number of carbonyl (C=O) groups excluding carboxylic acids is 1. The van der Waals surface area contributed by atoms with E-state index in [-0.39, 0.29) is 24.0 Å². The molecule has 5 heteroatoms. The number of fused-ring (bicyclic) bond motifs is 4. The molecule has 0 aromatic heterocycles. The van der Waals surface area contributed by atoms with Crippen molar-refractivity contribution in [3.63, 3.8) is 0 Å². The molecule has 1 N–H and O–H groups in total. The van der Waals surface area contributed by atoms with Crippen molar-refractivity contribution in [2.24, 2.45) is 11.3 Å². The summed E-state index contributed by atoms with van der Waals surface area (Å²) in [4.78, 5) is 25.8. The van der Waals surface area contributed by atoms with Gasteiger partial charge in [0.15, 0.2) is 0 Å². The van der Waals surface area contributed by atoms with Crippen LogP contribution in [0.1, 0.15) is 30.4 Å². The van der Waals surface area contributed by atoms with Crippen molar-refractivity contribution < 1.29 is 19.4 Å². The zero-order valence-electron chi connectivity index (χ0n) is 15.1. The Kier molecular flexibility index (Phi) is 3.39. The minimum absolute atomic E-state index is 0.0183. The SMILES string of the molecule is C[C@]12C[C@H]([C@H]1C(=O)O)N(C(=O)OCC1c3ccccc3-c3ccccc31)C2. The summed E-state index contributed by atoms with van der Waals surface area (Å²) in [6.45, 7) is 2.68. The molecule has 2 aromatic rings. The lowest BCUT2D eigenvalue weighted by atomic mass is 9.62. The van der Waals surface area contributed by atoms with Crippen LogP contribution in [0.4, 0.5) is 4.79 Å². The van der Waals surface area contributed by atoms with E-state index in [0.29, 0.717) is 6.54 Å². The molecule has 2 aromatic carbocycles. The van der Waals surface area contributed by atoms with Crippen molar-refractivity contribution in [3.05, 3.63) is 59.7 Å². The molecule has 3 atom stereocenters. The molecule has 2 bridgehead atoms. The van der Waals surface area contributed by atoms with Crippen LogP contribution in [0.2, 0.25) is 0 Å². The minimum atomic E-state index is -0.817. The molecule has 4 aliphatic rings. The summed E-state index contributed by atoms with van der Waals surface area (Å²) < 4.78 is 5.69. The van der Waals surface area contributed by atoms with Crippen LogP contribution in [0.15, 0.2) is 48.5 Å². The second-order valence-electron chi connectivity index (χ2n) is 8.17. The molecule has 2 heterocycles. The van der Waals surface area contributed by atoms with Gasteiger partial charge in [0.05, 0.1) is 5.92 Å². The first kappa shape index (κ1) is 16.4.